The molecule has 1 atom stereocenters. The van der Waals surface area contributed by atoms with Crippen LogP contribution in [-0.4, -0.2) is 48.7 Å². The maximum atomic E-state index is 13.0. The molecule has 1 aromatic heterocycles. The molecule has 172 valence electrons. The van der Waals surface area contributed by atoms with Gasteiger partial charge < -0.3 is 24.8 Å². The second kappa shape index (κ2) is 10.9. The minimum atomic E-state index is -0.352. The second-order valence-electron chi connectivity index (χ2n) is 8.14. The van der Waals surface area contributed by atoms with Crippen LogP contribution in [0.1, 0.15) is 42.6 Å². The van der Waals surface area contributed by atoms with Crippen molar-refractivity contribution in [1.29, 1.82) is 0 Å². The van der Waals surface area contributed by atoms with E-state index in [1.165, 1.54) is 4.90 Å². The van der Waals surface area contributed by atoms with Crippen LogP contribution < -0.4 is 15.5 Å². The number of hydrogen-bond donors (Lipinski definition) is 2. The Morgan fingerprint density at radius 3 is 2.44 bits per heavy atom. The molecule has 2 N–H and O–H groups in total. The molecule has 1 aromatic carbocycles. The molecule has 3 amide bonds. The van der Waals surface area contributed by atoms with Crippen molar-refractivity contribution in [3.05, 3.63) is 41.2 Å². The van der Waals surface area contributed by atoms with E-state index in [9.17, 15) is 14.4 Å². The molecule has 1 fully saturated rings. The number of carbonyl (C=O) groups excluding carboxylic acids is 3. The zero-order valence-electron chi connectivity index (χ0n) is 18.8. The van der Waals surface area contributed by atoms with Gasteiger partial charge in [0.05, 0.1) is 6.10 Å². The number of hydrogen-bond acceptors (Lipinski definition) is 6. The highest BCUT2D eigenvalue weighted by atomic mass is 16.5. The fourth-order valence-electron chi connectivity index (χ4n) is 3.65. The lowest BCUT2D eigenvalue weighted by molar-refractivity contribution is -0.125. The van der Waals surface area contributed by atoms with Gasteiger partial charge in [0.2, 0.25) is 17.7 Å². The lowest BCUT2D eigenvalue weighted by Gasteiger charge is -2.24. The van der Waals surface area contributed by atoms with Crippen LogP contribution in [0, 0.1) is 20.8 Å². The smallest absolute Gasteiger partial charge is 0.240 e. The van der Waals surface area contributed by atoms with Gasteiger partial charge in [-0.25, -0.2) is 0 Å². The van der Waals surface area contributed by atoms with Crippen LogP contribution in [0.3, 0.4) is 0 Å². The first-order valence-electron chi connectivity index (χ1n) is 10.8. The van der Waals surface area contributed by atoms with E-state index >= 15 is 0 Å². The van der Waals surface area contributed by atoms with Gasteiger partial charge in [-0.15, -0.1) is 0 Å². The highest BCUT2D eigenvalue weighted by Crippen LogP contribution is 2.20. The van der Waals surface area contributed by atoms with E-state index in [4.69, 9.17) is 9.26 Å². The van der Waals surface area contributed by atoms with Crippen molar-refractivity contribution in [1.82, 2.24) is 10.5 Å². The van der Waals surface area contributed by atoms with E-state index in [0.29, 0.717) is 30.4 Å². The minimum absolute atomic E-state index is 0.0215. The minimum Gasteiger partial charge on any atom is -0.376 e. The van der Waals surface area contributed by atoms with Gasteiger partial charge in [-0.3, -0.25) is 14.4 Å². The molecular formula is C23H30N4O5. The molecule has 0 unspecified atom stereocenters. The predicted octanol–water partition coefficient (Wildman–Crippen LogP) is 2.65. The van der Waals surface area contributed by atoms with Crippen LogP contribution in [0.4, 0.5) is 11.5 Å². The largest absolute Gasteiger partial charge is 0.376 e. The Labute approximate surface area is 187 Å². The molecule has 1 saturated heterocycles. The Morgan fingerprint density at radius 2 is 1.81 bits per heavy atom. The lowest BCUT2D eigenvalue weighted by Crippen LogP contribution is -2.43. The van der Waals surface area contributed by atoms with Gasteiger partial charge in [0.15, 0.2) is 5.82 Å². The summed E-state index contributed by atoms with van der Waals surface area (Å²) in [6.45, 7) is 6.60. The third-order valence-electron chi connectivity index (χ3n) is 5.13. The van der Waals surface area contributed by atoms with Crippen molar-refractivity contribution < 1.29 is 23.6 Å². The Kier molecular flexibility index (Phi) is 7.99. The average molecular weight is 443 g/mol. The van der Waals surface area contributed by atoms with Gasteiger partial charge in [0, 0.05) is 37.7 Å². The predicted molar refractivity (Wildman–Crippen MR) is 119 cm³/mol. The van der Waals surface area contributed by atoms with Crippen LogP contribution in [0.15, 0.2) is 28.8 Å². The molecule has 32 heavy (non-hydrogen) atoms. The van der Waals surface area contributed by atoms with Crippen LogP contribution >= 0.6 is 0 Å². The van der Waals surface area contributed by atoms with Crippen molar-refractivity contribution in [2.45, 2.75) is 52.6 Å². The molecule has 0 saturated carbocycles. The molecule has 0 radical (unpaired) electrons. The summed E-state index contributed by atoms with van der Waals surface area (Å²) in [5, 5.41) is 9.16. The van der Waals surface area contributed by atoms with Crippen molar-refractivity contribution in [3.8, 4) is 0 Å². The van der Waals surface area contributed by atoms with Gasteiger partial charge in [0.25, 0.3) is 0 Å². The number of nitrogens with zero attached hydrogens (tertiary/aromatic N) is 2. The third-order valence-corrected chi connectivity index (χ3v) is 5.13. The summed E-state index contributed by atoms with van der Waals surface area (Å²) in [5.41, 5.74) is 2.60. The Balaban J connectivity index is 1.62. The number of amides is 3. The number of aromatic nitrogens is 1. The number of carbonyl (C=O) groups is 3. The van der Waals surface area contributed by atoms with Crippen molar-refractivity contribution in [2.75, 3.05) is 29.9 Å². The van der Waals surface area contributed by atoms with E-state index in [1.54, 1.807) is 13.0 Å². The van der Waals surface area contributed by atoms with Crippen molar-refractivity contribution >= 4 is 29.2 Å². The van der Waals surface area contributed by atoms with Gasteiger partial charge in [-0.1, -0.05) is 11.2 Å². The first-order chi connectivity index (χ1) is 15.3. The summed E-state index contributed by atoms with van der Waals surface area (Å²) in [7, 11) is 0. The summed E-state index contributed by atoms with van der Waals surface area (Å²) in [6.07, 6.45) is 1.84. The summed E-state index contributed by atoms with van der Waals surface area (Å²) in [4.78, 5) is 39.2. The summed E-state index contributed by atoms with van der Waals surface area (Å²) in [6, 6.07) is 7.31. The number of rotatable bonds is 9. The summed E-state index contributed by atoms with van der Waals surface area (Å²) in [5.74, 6) is -0.0508. The van der Waals surface area contributed by atoms with Crippen molar-refractivity contribution in [3.63, 3.8) is 0 Å². The molecular weight excluding hydrogens is 412 g/mol. The third kappa shape index (κ3) is 6.91. The fraction of sp³-hybridized carbons (Fsp3) is 0.478. The quantitative estimate of drug-likeness (QED) is 0.617. The molecule has 9 heteroatoms. The Morgan fingerprint density at radius 1 is 1.06 bits per heavy atom. The topological polar surface area (TPSA) is 114 Å². The van der Waals surface area contributed by atoms with Crippen molar-refractivity contribution in [2.24, 2.45) is 0 Å². The van der Waals surface area contributed by atoms with Gasteiger partial charge >= 0.3 is 0 Å². The number of ether oxygens (including phenoxy) is 1. The van der Waals surface area contributed by atoms with Crippen LogP contribution in [0.2, 0.25) is 0 Å². The molecule has 9 nitrogen and oxygen atoms in total. The average Bonchev–Trinajstić information content (AvgIpc) is 3.39. The maximum absolute atomic E-state index is 13.0. The van der Waals surface area contributed by atoms with E-state index in [0.717, 1.165) is 24.0 Å². The second-order valence-corrected chi connectivity index (χ2v) is 8.14. The zero-order chi connectivity index (χ0) is 23.1. The zero-order valence-corrected chi connectivity index (χ0v) is 18.8. The number of nitrogens with one attached hydrogen (secondary N) is 2. The molecule has 2 aromatic rings. The summed E-state index contributed by atoms with van der Waals surface area (Å²) >= 11 is 0. The van der Waals surface area contributed by atoms with Crippen LogP contribution in [-0.2, 0) is 19.1 Å². The molecule has 0 aliphatic carbocycles. The number of aryl methyl sites for hydroxylation is 3. The standard InChI is InChI=1S/C23H30N4O5/c1-15-9-16(2)11-18(10-15)27(14-22(29)24-13-19-5-4-8-31-19)23(30)7-6-21(28)25-20-12-17(3)32-26-20/h9-12,19H,4-8,13-14H2,1-3H3,(H,24,29)(H,25,26,28)/t19-/m1/s1. The molecule has 0 spiro atoms. The van der Waals surface area contributed by atoms with E-state index in [1.807, 2.05) is 32.0 Å². The van der Waals surface area contributed by atoms with Crippen LogP contribution in [0.5, 0.6) is 0 Å². The summed E-state index contributed by atoms with van der Waals surface area (Å²) < 4.78 is 10.5. The monoisotopic (exact) mass is 442 g/mol. The fourth-order valence-corrected chi connectivity index (χ4v) is 3.65. The van der Waals surface area contributed by atoms with E-state index < -0.39 is 0 Å². The molecule has 1 aliphatic heterocycles. The van der Waals surface area contributed by atoms with E-state index in [2.05, 4.69) is 15.8 Å². The maximum Gasteiger partial charge on any atom is 0.240 e. The number of anilines is 2. The Hall–Kier alpha value is -3.20. The molecule has 2 heterocycles. The van der Waals surface area contributed by atoms with Crippen LogP contribution in [0.25, 0.3) is 0 Å². The first kappa shape index (κ1) is 23.5. The molecule has 0 bridgehead atoms. The van der Waals surface area contributed by atoms with Gasteiger partial charge in [0.1, 0.15) is 12.3 Å². The SMILES string of the molecule is Cc1cc(C)cc(N(CC(=O)NC[C@H]2CCCO2)C(=O)CCC(=O)Nc2cc(C)on2)c1. The Bertz CT molecular complexity index is 945. The van der Waals surface area contributed by atoms with Gasteiger partial charge in [-0.2, -0.15) is 0 Å². The highest BCUT2D eigenvalue weighted by Gasteiger charge is 2.22. The van der Waals surface area contributed by atoms with Gasteiger partial charge in [-0.05, 0) is 56.9 Å². The first-order valence-corrected chi connectivity index (χ1v) is 10.8. The highest BCUT2D eigenvalue weighted by molar-refractivity contribution is 6.01. The van der Waals surface area contributed by atoms with E-state index in [-0.39, 0.29) is 43.2 Å². The number of benzene rings is 1. The lowest BCUT2D eigenvalue weighted by atomic mass is 10.1. The molecule has 1 aliphatic rings. The normalized spacial score (nSPS) is 15.4. The molecule has 3 rings (SSSR count).